The molecule has 1 aromatic heterocycles. The third-order valence-corrected chi connectivity index (χ3v) is 4.55. The lowest BCUT2D eigenvalue weighted by atomic mass is 9.80. The first kappa shape index (κ1) is 14.2. The van der Waals surface area contributed by atoms with E-state index in [0.29, 0.717) is 4.99 Å². The molecule has 2 aromatic rings. The molecule has 0 unspecified atom stereocenters. The summed E-state index contributed by atoms with van der Waals surface area (Å²) in [5.41, 5.74) is 8.46. The van der Waals surface area contributed by atoms with Crippen LogP contribution in [0.1, 0.15) is 24.8 Å². The van der Waals surface area contributed by atoms with Gasteiger partial charge in [-0.25, -0.2) is 0 Å². The highest BCUT2D eigenvalue weighted by atomic mass is 32.1. The molecule has 5 heteroatoms. The maximum atomic E-state index is 5.84. The molecule has 0 aliphatic heterocycles. The average molecular weight is 301 g/mol. The van der Waals surface area contributed by atoms with Crippen LogP contribution < -0.4 is 11.1 Å². The Hall–Kier alpha value is -1.72. The summed E-state index contributed by atoms with van der Waals surface area (Å²) in [5.74, 6) is 0. The Labute approximate surface area is 129 Å². The van der Waals surface area contributed by atoms with E-state index in [1.165, 1.54) is 6.42 Å². The molecule has 0 spiro atoms. The molecule has 1 heterocycles. The quantitative estimate of drug-likeness (QED) is 0.832. The summed E-state index contributed by atoms with van der Waals surface area (Å²) in [5, 5.41) is 4.53. The lowest BCUT2D eigenvalue weighted by Gasteiger charge is -2.41. The maximum Gasteiger partial charge on any atom is 0.107 e. The van der Waals surface area contributed by atoms with E-state index in [-0.39, 0.29) is 5.60 Å². The van der Waals surface area contributed by atoms with Crippen molar-refractivity contribution in [1.29, 1.82) is 0 Å². The number of benzene rings is 1. The molecular formula is C16H19N3OS. The Kier molecular flexibility index (Phi) is 3.78. The van der Waals surface area contributed by atoms with Crippen LogP contribution in [0, 0.1) is 0 Å². The molecular weight excluding hydrogens is 282 g/mol. The number of nitrogens with zero attached hydrogens (tertiary/aromatic N) is 1. The van der Waals surface area contributed by atoms with Gasteiger partial charge in [0, 0.05) is 25.2 Å². The molecule has 0 bridgehead atoms. The number of hydrogen-bond acceptors (Lipinski definition) is 4. The molecule has 1 aliphatic rings. The third kappa shape index (κ3) is 2.59. The summed E-state index contributed by atoms with van der Waals surface area (Å²) in [6.07, 6.45) is 5.13. The van der Waals surface area contributed by atoms with Crippen molar-refractivity contribution in [2.24, 2.45) is 5.73 Å². The van der Waals surface area contributed by atoms with Crippen molar-refractivity contribution in [3.05, 3.63) is 36.0 Å². The lowest BCUT2D eigenvalue weighted by molar-refractivity contribution is -0.0601. The Bertz CT molecular complexity index is 677. The topological polar surface area (TPSA) is 60.2 Å². The molecule has 1 fully saturated rings. The van der Waals surface area contributed by atoms with Crippen molar-refractivity contribution < 1.29 is 4.74 Å². The monoisotopic (exact) mass is 301 g/mol. The van der Waals surface area contributed by atoms with Gasteiger partial charge in [0.2, 0.25) is 0 Å². The van der Waals surface area contributed by atoms with Crippen LogP contribution in [0.4, 0.5) is 5.69 Å². The average Bonchev–Trinajstić information content (AvgIpc) is 2.46. The summed E-state index contributed by atoms with van der Waals surface area (Å²) < 4.78 is 5.67. The Balaban J connectivity index is 1.98. The second-order valence-electron chi connectivity index (χ2n) is 5.52. The minimum Gasteiger partial charge on any atom is -0.389 e. The fourth-order valence-electron chi connectivity index (χ4n) is 2.79. The number of nitrogens with two attached hydrogens (primary N) is 1. The largest absolute Gasteiger partial charge is 0.389 e. The Morgan fingerprint density at radius 1 is 1.43 bits per heavy atom. The standard InChI is InChI=1S/C16H19N3OS/c1-20-16(7-4-8-16)10-19-14-11-5-2-3-6-13(11)18-9-12(14)15(17)21/h2-3,5-6,9H,4,7-8,10H2,1H3,(H2,17,21)(H,18,19). The van der Waals surface area contributed by atoms with Crippen molar-refractivity contribution in [1.82, 2.24) is 4.98 Å². The lowest BCUT2D eigenvalue weighted by Crippen LogP contribution is -2.45. The zero-order chi connectivity index (χ0) is 14.9. The van der Waals surface area contributed by atoms with E-state index in [1.54, 1.807) is 13.3 Å². The van der Waals surface area contributed by atoms with Crippen molar-refractivity contribution in [2.45, 2.75) is 24.9 Å². The molecule has 21 heavy (non-hydrogen) atoms. The first-order chi connectivity index (χ1) is 10.2. The van der Waals surface area contributed by atoms with Gasteiger partial charge < -0.3 is 15.8 Å². The molecule has 1 aliphatic carbocycles. The highest BCUT2D eigenvalue weighted by Crippen LogP contribution is 2.36. The van der Waals surface area contributed by atoms with Crippen molar-refractivity contribution in [2.75, 3.05) is 19.0 Å². The zero-order valence-corrected chi connectivity index (χ0v) is 12.9. The van der Waals surface area contributed by atoms with Gasteiger partial charge in [-0.05, 0) is 25.3 Å². The van der Waals surface area contributed by atoms with Crippen LogP contribution in [-0.2, 0) is 4.74 Å². The third-order valence-electron chi connectivity index (χ3n) is 4.33. The van der Waals surface area contributed by atoms with Crippen LogP contribution >= 0.6 is 12.2 Å². The number of hydrogen-bond donors (Lipinski definition) is 2. The number of aromatic nitrogens is 1. The van der Waals surface area contributed by atoms with Crippen molar-refractivity contribution in [3.63, 3.8) is 0 Å². The van der Waals surface area contributed by atoms with E-state index < -0.39 is 0 Å². The van der Waals surface area contributed by atoms with Crippen LogP contribution in [0.5, 0.6) is 0 Å². The second-order valence-corrected chi connectivity index (χ2v) is 5.96. The molecule has 0 atom stereocenters. The number of thiocarbonyl (C=S) groups is 1. The summed E-state index contributed by atoms with van der Waals surface area (Å²) >= 11 is 5.16. The Morgan fingerprint density at radius 2 is 2.19 bits per heavy atom. The second kappa shape index (κ2) is 5.58. The van der Waals surface area contributed by atoms with Gasteiger partial charge in [-0.15, -0.1) is 0 Å². The Morgan fingerprint density at radius 3 is 2.81 bits per heavy atom. The molecule has 3 rings (SSSR count). The van der Waals surface area contributed by atoms with Gasteiger partial charge in [0.15, 0.2) is 0 Å². The first-order valence-electron chi connectivity index (χ1n) is 7.12. The van der Waals surface area contributed by atoms with Crippen LogP contribution in [0.3, 0.4) is 0 Å². The molecule has 110 valence electrons. The van der Waals surface area contributed by atoms with Gasteiger partial charge in [0.05, 0.1) is 22.4 Å². The van der Waals surface area contributed by atoms with E-state index in [2.05, 4.69) is 10.3 Å². The predicted molar refractivity (Wildman–Crippen MR) is 89.7 cm³/mol. The minimum atomic E-state index is -0.0577. The van der Waals surface area contributed by atoms with Gasteiger partial charge in [-0.2, -0.15) is 0 Å². The zero-order valence-electron chi connectivity index (χ0n) is 12.1. The fraction of sp³-hybridized carbons (Fsp3) is 0.375. The normalized spacial score (nSPS) is 16.4. The van der Waals surface area contributed by atoms with Gasteiger partial charge in [-0.1, -0.05) is 30.4 Å². The molecule has 0 saturated heterocycles. The van der Waals surface area contributed by atoms with Crippen LogP contribution in [0.2, 0.25) is 0 Å². The number of methoxy groups -OCH3 is 1. The van der Waals surface area contributed by atoms with Gasteiger partial charge in [0.1, 0.15) is 4.99 Å². The van der Waals surface area contributed by atoms with E-state index in [1.807, 2.05) is 24.3 Å². The number of pyridine rings is 1. The number of ether oxygens (including phenoxy) is 1. The summed E-state index contributed by atoms with van der Waals surface area (Å²) in [4.78, 5) is 4.78. The minimum absolute atomic E-state index is 0.0577. The van der Waals surface area contributed by atoms with Crippen LogP contribution in [0.25, 0.3) is 10.9 Å². The SMILES string of the molecule is COC1(CNc2c(C(N)=S)cnc3ccccc23)CCC1. The number of fused-ring (bicyclic) bond motifs is 1. The van der Waals surface area contributed by atoms with Gasteiger partial charge in [0.25, 0.3) is 0 Å². The van der Waals surface area contributed by atoms with Crippen LogP contribution in [-0.4, -0.2) is 29.2 Å². The fourth-order valence-corrected chi connectivity index (χ4v) is 2.95. The smallest absolute Gasteiger partial charge is 0.107 e. The highest BCUT2D eigenvalue weighted by molar-refractivity contribution is 7.80. The maximum absolute atomic E-state index is 5.84. The number of rotatable bonds is 5. The number of anilines is 1. The molecule has 4 nitrogen and oxygen atoms in total. The predicted octanol–water partition coefficient (Wildman–Crippen LogP) is 2.85. The van der Waals surface area contributed by atoms with Gasteiger partial charge in [-0.3, -0.25) is 4.98 Å². The molecule has 1 aromatic carbocycles. The summed E-state index contributed by atoms with van der Waals surface area (Å²) in [6, 6.07) is 7.99. The molecule has 0 amide bonds. The summed E-state index contributed by atoms with van der Waals surface area (Å²) in [7, 11) is 1.78. The van der Waals surface area contributed by atoms with Crippen LogP contribution in [0.15, 0.2) is 30.5 Å². The highest BCUT2D eigenvalue weighted by Gasteiger charge is 2.37. The van der Waals surface area contributed by atoms with E-state index in [4.69, 9.17) is 22.7 Å². The van der Waals surface area contributed by atoms with E-state index in [9.17, 15) is 0 Å². The van der Waals surface area contributed by atoms with E-state index >= 15 is 0 Å². The molecule has 0 radical (unpaired) electrons. The number of nitrogens with one attached hydrogen (secondary N) is 1. The summed E-state index contributed by atoms with van der Waals surface area (Å²) in [6.45, 7) is 0.757. The molecule has 3 N–H and O–H groups in total. The first-order valence-corrected chi connectivity index (χ1v) is 7.53. The number of para-hydroxylation sites is 1. The van der Waals surface area contributed by atoms with E-state index in [0.717, 1.165) is 41.5 Å². The van der Waals surface area contributed by atoms with Crippen molar-refractivity contribution >= 4 is 33.8 Å². The van der Waals surface area contributed by atoms with Gasteiger partial charge >= 0.3 is 0 Å². The van der Waals surface area contributed by atoms with Crippen molar-refractivity contribution in [3.8, 4) is 0 Å². The molecule has 1 saturated carbocycles.